The normalized spacial score (nSPS) is 23.9. The van der Waals surface area contributed by atoms with Crippen LogP contribution < -0.4 is 0 Å². The van der Waals surface area contributed by atoms with Crippen LogP contribution in [-0.4, -0.2) is 28.9 Å². The number of hydrogen-bond donors (Lipinski definition) is 0. The van der Waals surface area contributed by atoms with Gasteiger partial charge in [0.2, 0.25) is 5.91 Å². The van der Waals surface area contributed by atoms with Crippen molar-refractivity contribution in [2.75, 3.05) is 6.61 Å². The Labute approximate surface area is 149 Å². The Morgan fingerprint density at radius 3 is 2.50 bits per heavy atom. The lowest BCUT2D eigenvalue weighted by molar-refractivity contribution is -0.170. The lowest BCUT2D eigenvalue weighted by Crippen LogP contribution is -2.69. The first-order chi connectivity index (χ1) is 12.2. The van der Waals surface area contributed by atoms with Gasteiger partial charge >= 0.3 is 12.1 Å². The molecule has 0 heterocycles. The predicted octanol–water partition coefficient (Wildman–Crippen LogP) is 3.71. The molecule has 1 aromatic rings. The van der Waals surface area contributed by atoms with Crippen LogP contribution >= 0.6 is 0 Å². The minimum absolute atomic E-state index is 0.0860. The van der Waals surface area contributed by atoms with Gasteiger partial charge in [-0.1, -0.05) is 12.1 Å². The number of nitrogens with zero attached hydrogens (tertiary/aromatic N) is 1. The van der Waals surface area contributed by atoms with Crippen LogP contribution in [-0.2, 0) is 27.0 Å². The smallest absolute Gasteiger partial charge is 0.416 e. The van der Waals surface area contributed by atoms with E-state index in [4.69, 9.17) is 4.74 Å². The zero-order valence-corrected chi connectivity index (χ0v) is 14.4. The van der Waals surface area contributed by atoms with Crippen molar-refractivity contribution in [3.63, 3.8) is 0 Å². The highest BCUT2D eigenvalue weighted by molar-refractivity contribution is 5.95. The Balaban J connectivity index is 1.78. The minimum atomic E-state index is -4.43. The van der Waals surface area contributed by atoms with Gasteiger partial charge in [-0.3, -0.25) is 4.79 Å². The van der Waals surface area contributed by atoms with Crippen molar-refractivity contribution in [2.45, 2.75) is 44.4 Å². The highest BCUT2D eigenvalue weighted by Gasteiger charge is 2.60. The van der Waals surface area contributed by atoms with Crippen LogP contribution in [0.3, 0.4) is 0 Å². The number of esters is 1. The van der Waals surface area contributed by atoms with E-state index in [1.165, 1.54) is 6.07 Å². The van der Waals surface area contributed by atoms with E-state index < -0.39 is 17.7 Å². The molecule has 1 aromatic carbocycles. The van der Waals surface area contributed by atoms with Gasteiger partial charge in [0.05, 0.1) is 12.2 Å². The molecule has 0 unspecified atom stereocenters. The van der Waals surface area contributed by atoms with Gasteiger partial charge in [-0.05, 0) is 49.8 Å². The number of carbonyl (C=O) groups is 2. The Hall–Kier alpha value is -2.31. The highest BCUT2D eigenvalue weighted by atomic mass is 19.4. The summed E-state index contributed by atoms with van der Waals surface area (Å²) >= 11 is 0. The van der Waals surface area contributed by atoms with Crippen LogP contribution in [0, 0.1) is 5.92 Å². The van der Waals surface area contributed by atoms with E-state index in [9.17, 15) is 22.8 Å². The summed E-state index contributed by atoms with van der Waals surface area (Å²) < 4.78 is 43.5. The molecule has 7 heteroatoms. The van der Waals surface area contributed by atoms with E-state index in [1.807, 2.05) is 0 Å². The zero-order valence-electron chi connectivity index (χ0n) is 14.4. The zero-order chi connectivity index (χ0) is 18.9. The molecule has 3 aliphatic rings. The highest BCUT2D eigenvalue weighted by Crippen LogP contribution is 2.61. The Kier molecular flexibility index (Phi) is 4.82. The maximum Gasteiger partial charge on any atom is 0.416 e. The molecule has 3 aliphatic carbocycles. The first kappa shape index (κ1) is 18.5. The molecular weight excluding hydrogens is 347 g/mol. The Morgan fingerprint density at radius 2 is 1.96 bits per heavy atom. The molecule has 0 spiro atoms. The molecule has 26 heavy (non-hydrogen) atoms. The average molecular weight is 367 g/mol. The van der Waals surface area contributed by atoms with Gasteiger partial charge in [0.1, 0.15) is 0 Å². The molecule has 3 saturated carbocycles. The minimum Gasteiger partial charge on any atom is -0.463 e. The van der Waals surface area contributed by atoms with Crippen molar-refractivity contribution >= 4 is 11.9 Å². The summed E-state index contributed by atoms with van der Waals surface area (Å²) in [5.41, 5.74) is -0.598. The van der Waals surface area contributed by atoms with Gasteiger partial charge in [0.15, 0.2) is 0 Å². The average Bonchev–Trinajstić information content (AvgIpc) is 2.49. The molecule has 4 nitrogen and oxygen atoms in total. The van der Waals surface area contributed by atoms with Crippen molar-refractivity contribution in [2.24, 2.45) is 5.92 Å². The third kappa shape index (κ3) is 3.61. The number of carbonyl (C=O) groups excluding carboxylic acids is 2. The van der Waals surface area contributed by atoms with Crippen LogP contribution in [0.4, 0.5) is 13.2 Å². The second kappa shape index (κ2) is 6.78. The summed E-state index contributed by atoms with van der Waals surface area (Å²) in [6, 6.07) is 5.01. The fourth-order valence-electron chi connectivity index (χ4n) is 3.69. The van der Waals surface area contributed by atoms with E-state index in [-0.39, 0.29) is 24.6 Å². The van der Waals surface area contributed by atoms with Gasteiger partial charge < -0.3 is 9.64 Å². The molecule has 0 saturated heterocycles. The fourth-order valence-corrected chi connectivity index (χ4v) is 3.69. The molecule has 4 rings (SSSR count). The first-order valence-electron chi connectivity index (χ1n) is 8.56. The first-order valence-corrected chi connectivity index (χ1v) is 8.56. The fraction of sp³-hybridized carbons (Fsp3) is 0.474. The van der Waals surface area contributed by atoms with Crippen LogP contribution in [0.5, 0.6) is 0 Å². The molecule has 1 amide bonds. The second-order valence-electron chi connectivity index (χ2n) is 6.91. The number of hydrogen-bond acceptors (Lipinski definition) is 3. The lowest BCUT2D eigenvalue weighted by Gasteiger charge is -2.66. The SMILES string of the molecule is CCOC(=O)/C=C/C(=O)N(Cc1cccc(C(F)(F)F)c1)C12CC(C1)C2. The molecule has 0 aromatic heterocycles. The van der Waals surface area contributed by atoms with E-state index in [1.54, 1.807) is 17.9 Å². The molecule has 0 radical (unpaired) electrons. The maximum atomic E-state index is 12.9. The molecular formula is C19H20F3NO3. The molecule has 0 aliphatic heterocycles. The van der Waals surface area contributed by atoms with E-state index >= 15 is 0 Å². The number of alkyl halides is 3. The second-order valence-corrected chi connectivity index (χ2v) is 6.91. The summed E-state index contributed by atoms with van der Waals surface area (Å²) in [7, 11) is 0. The molecule has 3 fully saturated rings. The molecule has 2 bridgehead atoms. The van der Waals surface area contributed by atoms with Crippen LogP contribution in [0.25, 0.3) is 0 Å². The number of halogens is 3. The lowest BCUT2D eigenvalue weighted by atomic mass is 9.49. The van der Waals surface area contributed by atoms with Crippen LogP contribution in [0.2, 0.25) is 0 Å². The van der Waals surface area contributed by atoms with E-state index in [0.29, 0.717) is 11.5 Å². The summed E-state index contributed by atoms with van der Waals surface area (Å²) in [5, 5.41) is 0. The standard InChI is InChI=1S/C19H20F3NO3/c1-2-26-17(25)7-6-16(24)23(18-9-14(10-18)11-18)12-13-4-3-5-15(8-13)19(20,21)22/h3-8,14H,2,9-12H2,1H3/b7-6+. The van der Waals surface area contributed by atoms with Gasteiger partial charge in [-0.2, -0.15) is 13.2 Å². The van der Waals surface area contributed by atoms with Crippen molar-refractivity contribution < 1.29 is 27.5 Å². The van der Waals surface area contributed by atoms with Crippen molar-refractivity contribution in [1.29, 1.82) is 0 Å². The van der Waals surface area contributed by atoms with Crippen LogP contribution in [0.15, 0.2) is 36.4 Å². The topological polar surface area (TPSA) is 46.6 Å². The van der Waals surface area contributed by atoms with Gasteiger partial charge in [0.25, 0.3) is 0 Å². The predicted molar refractivity (Wildman–Crippen MR) is 87.8 cm³/mol. The number of ether oxygens (including phenoxy) is 1. The van der Waals surface area contributed by atoms with E-state index in [2.05, 4.69) is 0 Å². The van der Waals surface area contributed by atoms with Gasteiger partial charge in [-0.25, -0.2) is 4.79 Å². The van der Waals surface area contributed by atoms with Crippen molar-refractivity contribution in [1.82, 2.24) is 4.90 Å². The summed E-state index contributed by atoms with van der Waals surface area (Å²) in [6.07, 6.45) is 0.383. The Morgan fingerprint density at radius 1 is 1.27 bits per heavy atom. The monoisotopic (exact) mass is 367 g/mol. The van der Waals surface area contributed by atoms with Crippen LogP contribution in [0.1, 0.15) is 37.3 Å². The molecule has 140 valence electrons. The number of rotatable bonds is 6. The summed E-state index contributed by atoms with van der Waals surface area (Å²) in [4.78, 5) is 25.6. The Bertz CT molecular complexity index is 725. The largest absolute Gasteiger partial charge is 0.463 e. The third-order valence-corrected chi connectivity index (χ3v) is 5.09. The van der Waals surface area contributed by atoms with Crippen molar-refractivity contribution in [3.8, 4) is 0 Å². The number of benzene rings is 1. The maximum absolute atomic E-state index is 12.9. The quantitative estimate of drug-likeness (QED) is 0.569. The third-order valence-electron chi connectivity index (χ3n) is 5.09. The molecule has 0 atom stereocenters. The van der Waals surface area contributed by atoms with Gasteiger partial charge in [0, 0.05) is 24.2 Å². The van der Waals surface area contributed by atoms with Crippen molar-refractivity contribution in [3.05, 3.63) is 47.5 Å². The van der Waals surface area contributed by atoms with Gasteiger partial charge in [-0.15, -0.1) is 0 Å². The molecule has 0 N–H and O–H groups in total. The summed E-state index contributed by atoms with van der Waals surface area (Å²) in [6.45, 7) is 1.95. The van der Waals surface area contributed by atoms with E-state index in [0.717, 1.165) is 43.5 Å². The number of amides is 1. The summed E-state index contributed by atoms with van der Waals surface area (Å²) in [5.74, 6) is -0.396.